The average Bonchev–Trinajstić information content (AvgIpc) is 2.64. The fourth-order valence-electron chi connectivity index (χ4n) is 1.88. The number of rotatable bonds is 4. The van der Waals surface area contributed by atoms with Gasteiger partial charge in [0.05, 0.1) is 18.3 Å². The van der Waals surface area contributed by atoms with E-state index >= 15 is 0 Å². The molecule has 0 atom stereocenters. The monoisotopic (exact) mass is 337 g/mol. The molecule has 5 nitrogen and oxygen atoms in total. The van der Waals surface area contributed by atoms with Gasteiger partial charge in [0.2, 0.25) is 0 Å². The largest absolute Gasteiger partial charge is 0.458 e. The van der Waals surface area contributed by atoms with Gasteiger partial charge in [0.1, 0.15) is 0 Å². The number of halogens is 1. The molecule has 106 valence electrons. The first-order valence-electron chi connectivity index (χ1n) is 6.31. The van der Waals surface area contributed by atoms with Crippen molar-refractivity contribution in [3.05, 3.63) is 46.2 Å². The number of imidazole rings is 1. The van der Waals surface area contributed by atoms with E-state index in [1.54, 1.807) is 23.9 Å². The molecule has 6 heteroatoms. The molecule has 0 radical (unpaired) electrons. The standard InChI is InChI=1S/C14H16BrN3O2/c1-9(2)20-13(19)12-10(3)17-14(15)18(12)8-11-4-6-16-7-5-11/h4-7,9H,8H2,1-3H3. The van der Waals surface area contributed by atoms with E-state index in [9.17, 15) is 4.79 Å². The molecule has 0 saturated carbocycles. The van der Waals surface area contributed by atoms with Crippen molar-refractivity contribution < 1.29 is 9.53 Å². The van der Waals surface area contributed by atoms with E-state index < -0.39 is 0 Å². The fraction of sp³-hybridized carbons (Fsp3) is 0.357. The van der Waals surface area contributed by atoms with E-state index in [4.69, 9.17) is 4.74 Å². The first-order valence-corrected chi connectivity index (χ1v) is 7.11. The smallest absolute Gasteiger partial charge is 0.357 e. The number of ether oxygens (including phenoxy) is 1. The topological polar surface area (TPSA) is 57.0 Å². The first kappa shape index (κ1) is 14.7. The Morgan fingerprint density at radius 2 is 2.05 bits per heavy atom. The minimum Gasteiger partial charge on any atom is -0.458 e. The zero-order valence-corrected chi connectivity index (χ0v) is 13.2. The van der Waals surface area contributed by atoms with Crippen LogP contribution in [0.4, 0.5) is 0 Å². The van der Waals surface area contributed by atoms with Crippen molar-refractivity contribution in [1.29, 1.82) is 0 Å². The van der Waals surface area contributed by atoms with Gasteiger partial charge in [0.25, 0.3) is 0 Å². The number of carbonyl (C=O) groups excluding carboxylic acids is 1. The average molecular weight is 338 g/mol. The van der Waals surface area contributed by atoms with Crippen LogP contribution in [0, 0.1) is 6.92 Å². The predicted molar refractivity (Wildman–Crippen MR) is 78.6 cm³/mol. The number of pyridine rings is 1. The highest BCUT2D eigenvalue weighted by Gasteiger charge is 2.21. The summed E-state index contributed by atoms with van der Waals surface area (Å²) in [4.78, 5) is 20.5. The number of esters is 1. The van der Waals surface area contributed by atoms with Gasteiger partial charge in [-0.05, 0) is 54.4 Å². The molecule has 2 aromatic heterocycles. The van der Waals surface area contributed by atoms with Gasteiger partial charge < -0.3 is 9.30 Å². The number of nitrogens with zero attached hydrogens (tertiary/aromatic N) is 3. The molecular weight excluding hydrogens is 322 g/mol. The van der Waals surface area contributed by atoms with Crippen LogP contribution in [0.2, 0.25) is 0 Å². The maximum atomic E-state index is 12.2. The Labute approximate surface area is 126 Å². The molecule has 2 heterocycles. The third kappa shape index (κ3) is 3.25. The van der Waals surface area contributed by atoms with Crippen LogP contribution in [0.25, 0.3) is 0 Å². The van der Waals surface area contributed by atoms with Crippen molar-refractivity contribution in [3.63, 3.8) is 0 Å². The van der Waals surface area contributed by atoms with Gasteiger partial charge in [0.15, 0.2) is 10.4 Å². The SMILES string of the molecule is Cc1nc(Br)n(Cc2ccncc2)c1C(=O)OC(C)C. The molecule has 0 amide bonds. The summed E-state index contributed by atoms with van der Waals surface area (Å²) < 4.78 is 7.69. The van der Waals surface area contributed by atoms with Crippen molar-refractivity contribution in [3.8, 4) is 0 Å². The van der Waals surface area contributed by atoms with Crippen LogP contribution in [-0.2, 0) is 11.3 Å². The molecular formula is C14H16BrN3O2. The van der Waals surface area contributed by atoms with E-state index in [-0.39, 0.29) is 12.1 Å². The Balaban J connectivity index is 2.35. The summed E-state index contributed by atoms with van der Waals surface area (Å²) >= 11 is 3.39. The number of aromatic nitrogens is 3. The molecule has 0 aromatic carbocycles. The first-order chi connectivity index (χ1) is 9.49. The summed E-state index contributed by atoms with van der Waals surface area (Å²) in [5, 5.41) is 0. The molecule has 2 rings (SSSR count). The lowest BCUT2D eigenvalue weighted by atomic mass is 10.2. The lowest BCUT2D eigenvalue weighted by Crippen LogP contribution is -2.17. The number of carbonyl (C=O) groups is 1. The van der Waals surface area contributed by atoms with Crippen LogP contribution in [-0.4, -0.2) is 26.6 Å². The lowest BCUT2D eigenvalue weighted by Gasteiger charge is -2.12. The number of hydrogen-bond acceptors (Lipinski definition) is 4. The van der Waals surface area contributed by atoms with Crippen molar-refractivity contribution >= 4 is 21.9 Å². The Hall–Kier alpha value is -1.69. The second kappa shape index (κ2) is 6.17. The quantitative estimate of drug-likeness (QED) is 0.805. The molecule has 0 unspecified atom stereocenters. The van der Waals surface area contributed by atoms with Crippen molar-refractivity contribution in [2.45, 2.75) is 33.4 Å². The van der Waals surface area contributed by atoms with E-state index in [1.807, 2.05) is 26.0 Å². The zero-order chi connectivity index (χ0) is 14.7. The van der Waals surface area contributed by atoms with Gasteiger partial charge in [-0.2, -0.15) is 0 Å². The van der Waals surface area contributed by atoms with Crippen molar-refractivity contribution in [1.82, 2.24) is 14.5 Å². The van der Waals surface area contributed by atoms with Gasteiger partial charge >= 0.3 is 5.97 Å². The molecule has 0 N–H and O–H groups in total. The Kier molecular flexibility index (Phi) is 4.54. The molecule has 0 aliphatic carbocycles. The number of hydrogen-bond donors (Lipinski definition) is 0. The molecule has 0 spiro atoms. The van der Waals surface area contributed by atoms with Gasteiger partial charge in [-0.25, -0.2) is 9.78 Å². The maximum absolute atomic E-state index is 12.2. The van der Waals surface area contributed by atoms with E-state index in [1.165, 1.54) is 0 Å². The third-order valence-corrected chi connectivity index (χ3v) is 3.33. The van der Waals surface area contributed by atoms with Crippen molar-refractivity contribution in [2.75, 3.05) is 0 Å². The molecule has 0 saturated heterocycles. The maximum Gasteiger partial charge on any atom is 0.357 e. The Bertz CT molecular complexity index is 608. The second-order valence-corrected chi connectivity index (χ2v) is 5.42. The minimum absolute atomic E-state index is 0.162. The van der Waals surface area contributed by atoms with Crippen LogP contribution in [0.1, 0.15) is 35.6 Å². The van der Waals surface area contributed by atoms with Crippen molar-refractivity contribution in [2.24, 2.45) is 0 Å². The molecule has 0 aliphatic heterocycles. The van der Waals surface area contributed by atoms with Crippen LogP contribution >= 0.6 is 15.9 Å². The summed E-state index contributed by atoms with van der Waals surface area (Å²) in [5.74, 6) is -0.357. The number of aryl methyl sites for hydroxylation is 1. The van der Waals surface area contributed by atoms with Gasteiger partial charge in [-0.15, -0.1) is 0 Å². The summed E-state index contributed by atoms with van der Waals surface area (Å²) in [7, 11) is 0. The van der Waals surface area contributed by atoms with Crippen LogP contribution in [0.5, 0.6) is 0 Å². The van der Waals surface area contributed by atoms with E-state index in [0.717, 1.165) is 5.56 Å². The molecule has 20 heavy (non-hydrogen) atoms. The zero-order valence-electron chi connectivity index (χ0n) is 11.6. The van der Waals surface area contributed by atoms with Crippen LogP contribution in [0.15, 0.2) is 29.3 Å². The summed E-state index contributed by atoms with van der Waals surface area (Å²) in [5.41, 5.74) is 2.16. The molecule has 0 fully saturated rings. The highest BCUT2D eigenvalue weighted by molar-refractivity contribution is 9.10. The highest BCUT2D eigenvalue weighted by Crippen LogP contribution is 2.19. The summed E-state index contributed by atoms with van der Waals surface area (Å²) in [6.07, 6.45) is 3.28. The summed E-state index contributed by atoms with van der Waals surface area (Å²) in [6.45, 7) is 5.98. The van der Waals surface area contributed by atoms with Crippen LogP contribution < -0.4 is 0 Å². The molecule has 0 bridgehead atoms. The Morgan fingerprint density at radius 3 is 2.65 bits per heavy atom. The fourth-order valence-corrected chi connectivity index (χ4v) is 2.45. The van der Waals surface area contributed by atoms with Gasteiger partial charge in [-0.3, -0.25) is 4.98 Å². The third-order valence-electron chi connectivity index (χ3n) is 2.72. The second-order valence-electron chi connectivity index (χ2n) is 4.71. The van der Waals surface area contributed by atoms with Gasteiger partial charge in [-0.1, -0.05) is 0 Å². The minimum atomic E-state index is -0.357. The normalized spacial score (nSPS) is 10.8. The van der Waals surface area contributed by atoms with E-state index in [2.05, 4.69) is 25.9 Å². The Morgan fingerprint density at radius 1 is 1.40 bits per heavy atom. The molecule has 2 aromatic rings. The molecule has 0 aliphatic rings. The van der Waals surface area contributed by atoms with Crippen LogP contribution in [0.3, 0.4) is 0 Å². The lowest BCUT2D eigenvalue weighted by molar-refractivity contribution is 0.0364. The van der Waals surface area contributed by atoms with Gasteiger partial charge in [0, 0.05) is 12.4 Å². The van der Waals surface area contributed by atoms with E-state index in [0.29, 0.717) is 22.7 Å². The highest BCUT2D eigenvalue weighted by atomic mass is 79.9. The summed E-state index contributed by atoms with van der Waals surface area (Å²) in [6, 6.07) is 3.80. The predicted octanol–water partition coefficient (Wildman–Crippen LogP) is 2.96.